The van der Waals surface area contributed by atoms with Crippen LogP contribution in [0.2, 0.25) is 0 Å². The first-order valence-electron chi connectivity index (χ1n) is 6.78. The molecule has 21 heavy (non-hydrogen) atoms. The summed E-state index contributed by atoms with van der Waals surface area (Å²) in [5.41, 5.74) is 2.23. The molecular weight excluding hydrogens is 284 g/mol. The molecule has 0 spiro atoms. The first kappa shape index (κ1) is 15.6. The molecule has 0 aliphatic carbocycles. The predicted octanol–water partition coefficient (Wildman–Crippen LogP) is 3.55. The molecule has 0 saturated carbocycles. The van der Waals surface area contributed by atoms with E-state index in [1.807, 2.05) is 72.8 Å². The number of rotatable bonds is 8. The van der Waals surface area contributed by atoms with Crippen molar-refractivity contribution in [1.82, 2.24) is 0 Å². The van der Waals surface area contributed by atoms with Crippen LogP contribution >= 0.6 is 0 Å². The van der Waals surface area contributed by atoms with E-state index < -0.39 is 11.4 Å². The summed E-state index contributed by atoms with van der Waals surface area (Å²) < 4.78 is 21.7. The van der Waals surface area contributed by atoms with Gasteiger partial charge in [0.15, 0.2) is 0 Å². The van der Waals surface area contributed by atoms with Gasteiger partial charge in [0.1, 0.15) is 0 Å². The van der Waals surface area contributed by atoms with Gasteiger partial charge in [0.25, 0.3) is 0 Å². The maximum Gasteiger partial charge on any atom is 0.304 e. The number of hydrogen-bond donors (Lipinski definition) is 0. The molecule has 1 atom stereocenters. The summed E-state index contributed by atoms with van der Waals surface area (Å²) in [7, 11) is 0. The van der Waals surface area contributed by atoms with Crippen molar-refractivity contribution in [3.05, 3.63) is 77.9 Å². The maximum atomic E-state index is 11.5. The minimum Gasteiger partial charge on any atom is -0.268 e. The highest BCUT2D eigenvalue weighted by Crippen LogP contribution is 2.02. The molecule has 0 aliphatic heterocycles. The molecule has 0 aliphatic rings. The second kappa shape index (κ2) is 9.23. The molecule has 0 heterocycles. The zero-order valence-corrected chi connectivity index (χ0v) is 12.5. The molecule has 2 rings (SSSR count). The summed E-state index contributed by atoms with van der Waals surface area (Å²) in [5.74, 6) is 0. The van der Waals surface area contributed by atoms with E-state index in [0.717, 1.165) is 17.5 Å². The molecular formula is C17H18O3S. The first-order valence-corrected chi connectivity index (χ1v) is 7.78. The zero-order valence-electron chi connectivity index (χ0n) is 11.7. The Morgan fingerprint density at radius 3 is 2.29 bits per heavy atom. The average Bonchev–Trinajstić information content (AvgIpc) is 2.54. The summed E-state index contributed by atoms with van der Waals surface area (Å²) in [5, 5.41) is 0. The Bertz CT molecular complexity index is 567. The average molecular weight is 302 g/mol. The van der Waals surface area contributed by atoms with Gasteiger partial charge in [0, 0.05) is 0 Å². The van der Waals surface area contributed by atoms with E-state index in [9.17, 15) is 4.21 Å². The number of benzene rings is 2. The summed E-state index contributed by atoms with van der Waals surface area (Å²) in [6.45, 7) is 0.631. The Morgan fingerprint density at radius 2 is 1.57 bits per heavy atom. The topological polar surface area (TPSA) is 35.5 Å². The maximum absolute atomic E-state index is 11.5. The highest BCUT2D eigenvalue weighted by atomic mass is 32.2. The summed E-state index contributed by atoms with van der Waals surface area (Å²) in [4.78, 5) is 0. The van der Waals surface area contributed by atoms with Gasteiger partial charge in [0.05, 0.1) is 13.2 Å². The normalized spacial score (nSPS) is 12.6. The van der Waals surface area contributed by atoms with Gasteiger partial charge < -0.3 is 0 Å². The lowest BCUT2D eigenvalue weighted by Gasteiger charge is -2.02. The third-order valence-electron chi connectivity index (χ3n) is 2.78. The molecule has 0 bridgehead atoms. The summed E-state index contributed by atoms with van der Waals surface area (Å²) >= 11 is -1.70. The van der Waals surface area contributed by atoms with Crippen LogP contribution in [0.1, 0.15) is 11.1 Å². The standard InChI is InChI=1S/C17H18O3S/c18-21(20-15-13-17-10-5-2-6-11-17)19-14-7-12-16-8-3-1-4-9-16/h1-12H,13-15H2/b12-7+. The predicted molar refractivity (Wildman–Crippen MR) is 85.7 cm³/mol. The van der Waals surface area contributed by atoms with Crippen LogP contribution in [0.15, 0.2) is 66.7 Å². The first-order chi connectivity index (χ1) is 10.3. The van der Waals surface area contributed by atoms with E-state index in [2.05, 4.69) is 0 Å². The molecule has 110 valence electrons. The van der Waals surface area contributed by atoms with E-state index in [1.54, 1.807) is 0 Å². The van der Waals surface area contributed by atoms with Crippen LogP contribution in [0.4, 0.5) is 0 Å². The van der Waals surface area contributed by atoms with Gasteiger partial charge in [-0.2, -0.15) is 4.21 Å². The lowest BCUT2D eigenvalue weighted by Crippen LogP contribution is -2.05. The molecule has 0 aromatic heterocycles. The molecule has 2 aromatic rings. The largest absolute Gasteiger partial charge is 0.304 e. The van der Waals surface area contributed by atoms with E-state index >= 15 is 0 Å². The quantitative estimate of drug-likeness (QED) is 0.748. The van der Waals surface area contributed by atoms with Crippen molar-refractivity contribution in [2.24, 2.45) is 0 Å². The molecule has 0 amide bonds. The molecule has 1 unspecified atom stereocenters. The molecule has 0 radical (unpaired) electrons. The van der Waals surface area contributed by atoms with Crippen LogP contribution in [0.25, 0.3) is 6.08 Å². The minimum absolute atomic E-state index is 0.257. The van der Waals surface area contributed by atoms with Gasteiger partial charge >= 0.3 is 11.4 Å². The van der Waals surface area contributed by atoms with E-state index in [-0.39, 0.29) is 6.61 Å². The SMILES string of the molecule is O=S(OC/C=C/c1ccccc1)OCCc1ccccc1. The molecule has 3 nitrogen and oxygen atoms in total. The molecule has 0 saturated heterocycles. The zero-order chi connectivity index (χ0) is 14.8. The molecule has 0 fully saturated rings. The third kappa shape index (κ3) is 6.49. The van der Waals surface area contributed by atoms with Crippen LogP contribution in [-0.4, -0.2) is 17.4 Å². The fourth-order valence-corrected chi connectivity index (χ4v) is 2.23. The Labute approximate surface area is 128 Å². The Kier molecular flexibility index (Phi) is 6.88. The van der Waals surface area contributed by atoms with Crippen molar-refractivity contribution in [1.29, 1.82) is 0 Å². The second-order valence-electron chi connectivity index (χ2n) is 4.36. The van der Waals surface area contributed by atoms with Gasteiger partial charge in [-0.05, 0) is 17.5 Å². The van der Waals surface area contributed by atoms with E-state index in [0.29, 0.717) is 6.61 Å². The van der Waals surface area contributed by atoms with Crippen molar-refractivity contribution < 1.29 is 12.6 Å². The van der Waals surface area contributed by atoms with Gasteiger partial charge in [-0.15, -0.1) is 0 Å². The Morgan fingerprint density at radius 1 is 0.905 bits per heavy atom. The van der Waals surface area contributed by atoms with Crippen LogP contribution < -0.4 is 0 Å². The van der Waals surface area contributed by atoms with Crippen molar-refractivity contribution in [2.75, 3.05) is 13.2 Å². The fourth-order valence-electron chi connectivity index (χ4n) is 1.75. The molecule has 0 N–H and O–H groups in total. The van der Waals surface area contributed by atoms with Gasteiger partial charge in [-0.25, -0.2) is 0 Å². The highest BCUT2D eigenvalue weighted by molar-refractivity contribution is 7.75. The smallest absolute Gasteiger partial charge is 0.268 e. The van der Waals surface area contributed by atoms with E-state index in [4.69, 9.17) is 8.37 Å². The van der Waals surface area contributed by atoms with Crippen molar-refractivity contribution >= 4 is 17.4 Å². The van der Waals surface area contributed by atoms with Crippen LogP contribution in [0.3, 0.4) is 0 Å². The highest BCUT2D eigenvalue weighted by Gasteiger charge is 2.00. The van der Waals surface area contributed by atoms with Crippen molar-refractivity contribution in [3.63, 3.8) is 0 Å². The lowest BCUT2D eigenvalue weighted by molar-refractivity contribution is 0.269. The van der Waals surface area contributed by atoms with Gasteiger partial charge in [0.2, 0.25) is 0 Å². The monoisotopic (exact) mass is 302 g/mol. The van der Waals surface area contributed by atoms with Crippen LogP contribution in [-0.2, 0) is 26.1 Å². The summed E-state index contributed by atoms with van der Waals surface area (Å²) in [6.07, 6.45) is 4.45. The number of hydrogen-bond acceptors (Lipinski definition) is 3. The fraction of sp³-hybridized carbons (Fsp3) is 0.176. The van der Waals surface area contributed by atoms with Crippen molar-refractivity contribution in [2.45, 2.75) is 6.42 Å². The van der Waals surface area contributed by atoms with Gasteiger partial charge in [-0.3, -0.25) is 8.37 Å². The van der Waals surface area contributed by atoms with Crippen LogP contribution in [0, 0.1) is 0 Å². The van der Waals surface area contributed by atoms with E-state index in [1.165, 1.54) is 0 Å². The Balaban J connectivity index is 1.61. The van der Waals surface area contributed by atoms with Crippen LogP contribution in [0.5, 0.6) is 0 Å². The summed E-state index contributed by atoms with van der Waals surface area (Å²) in [6, 6.07) is 19.8. The second-order valence-corrected chi connectivity index (χ2v) is 5.24. The van der Waals surface area contributed by atoms with Gasteiger partial charge in [-0.1, -0.05) is 72.8 Å². The molecule has 4 heteroatoms. The third-order valence-corrected chi connectivity index (χ3v) is 3.47. The lowest BCUT2D eigenvalue weighted by atomic mass is 10.2. The Hall–Kier alpha value is -1.75. The minimum atomic E-state index is -1.70. The molecule has 2 aromatic carbocycles. The van der Waals surface area contributed by atoms with Crippen molar-refractivity contribution in [3.8, 4) is 0 Å².